The van der Waals surface area contributed by atoms with E-state index in [2.05, 4.69) is 16.0 Å². The van der Waals surface area contributed by atoms with Crippen molar-refractivity contribution in [3.63, 3.8) is 0 Å². The summed E-state index contributed by atoms with van der Waals surface area (Å²) in [5, 5.41) is 8.67. The zero-order valence-corrected chi connectivity index (χ0v) is 28.3. The van der Waals surface area contributed by atoms with E-state index in [1.165, 1.54) is 32.1 Å². The van der Waals surface area contributed by atoms with Crippen LogP contribution in [-0.4, -0.2) is 44.3 Å². The molecule has 0 aromatic heterocycles. The lowest BCUT2D eigenvalue weighted by Gasteiger charge is -2.18. The van der Waals surface area contributed by atoms with Crippen molar-refractivity contribution in [2.24, 2.45) is 0 Å². The van der Waals surface area contributed by atoms with Crippen molar-refractivity contribution in [1.82, 2.24) is 5.32 Å². The Morgan fingerprint density at radius 3 is 2.28 bits per heavy atom. The minimum atomic E-state index is -0.552. The summed E-state index contributed by atoms with van der Waals surface area (Å²) >= 11 is 7.59. The number of carbonyl (C=O) groups is 3. The van der Waals surface area contributed by atoms with Gasteiger partial charge in [0.05, 0.1) is 32.3 Å². The predicted molar refractivity (Wildman–Crippen MR) is 188 cm³/mol. The number of ether oxygens (including phenoxy) is 3. The Balaban J connectivity index is 1.55. The zero-order chi connectivity index (χ0) is 33.9. The van der Waals surface area contributed by atoms with Gasteiger partial charge in [0.2, 0.25) is 5.91 Å². The summed E-state index contributed by atoms with van der Waals surface area (Å²) in [7, 11) is 4.57. The standard InChI is InChI=1S/C36H36ClN3O6S/c1-6-33(36(43)39-29-17-22(2)28(37)21-32(29)46-5)47-27-14-10-13-25(19-27)38-35(42)30(40-34(41)23-11-8-7-9-12-23)18-24-15-16-26(44-3)20-31(24)45-4/h7-21,33H,6H2,1-5H3,(H,38,42)(H,39,43)(H,40,41)/b30-18+. The molecular weight excluding hydrogens is 638 g/mol. The molecule has 4 rings (SSSR count). The molecule has 1 atom stereocenters. The number of hydrogen-bond donors (Lipinski definition) is 3. The highest BCUT2D eigenvalue weighted by Crippen LogP contribution is 2.33. The first-order valence-electron chi connectivity index (χ1n) is 14.7. The number of carbonyl (C=O) groups excluding carboxylic acids is 3. The van der Waals surface area contributed by atoms with E-state index in [0.29, 0.717) is 51.2 Å². The van der Waals surface area contributed by atoms with Crippen LogP contribution >= 0.6 is 23.4 Å². The van der Waals surface area contributed by atoms with Crippen LogP contribution in [0.15, 0.2) is 95.5 Å². The van der Waals surface area contributed by atoms with E-state index in [1.54, 1.807) is 86.0 Å². The van der Waals surface area contributed by atoms with Crippen molar-refractivity contribution < 1.29 is 28.6 Å². The third-order valence-corrected chi connectivity index (χ3v) is 8.81. The van der Waals surface area contributed by atoms with E-state index >= 15 is 0 Å². The number of anilines is 2. The fourth-order valence-corrected chi connectivity index (χ4v) is 5.68. The highest BCUT2D eigenvalue weighted by molar-refractivity contribution is 8.00. The average molecular weight is 674 g/mol. The van der Waals surface area contributed by atoms with Crippen LogP contribution in [0.4, 0.5) is 11.4 Å². The lowest BCUT2D eigenvalue weighted by atomic mass is 10.1. The van der Waals surface area contributed by atoms with Crippen molar-refractivity contribution >= 4 is 58.5 Å². The van der Waals surface area contributed by atoms with Crippen molar-refractivity contribution in [1.29, 1.82) is 0 Å². The molecule has 11 heteroatoms. The van der Waals surface area contributed by atoms with Crippen LogP contribution < -0.4 is 30.2 Å². The molecule has 244 valence electrons. The molecule has 4 aromatic rings. The number of methoxy groups -OCH3 is 3. The monoisotopic (exact) mass is 673 g/mol. The number of aryl methyl sites for hydroxylation is 1. The average Bonchev–Trinajstić information content (AvgIpc) is 3.08. The summed E-state index contributed by atoms with van der Waals surface area (Å²) in [6.07, 6.45) is 2.08. The first-order chi connectivity index (χ1) is 22.6. The first-order valence-corrected chi connectivity index (χ1v) is 15.9. The molecule has 0 spiro atoms. The number of benzene rings is 4. The Morgan fingerprint density at radius 2 is 1.60 bits per heavy atom. The molecule has 4 aromatic carbocycles. The highest BCUT2D eigenvalue weighted by atomic mass is 35.5. The largest absolute Gasteiger partial charge is 0.497 e. The summed E-state index contributed by atoms with van der Waals surface area (Å²) in [5.74, 6) is 0.298. The third kappa shape index (κ3) is 9.31. The number of rotatable bonds is 13. The maximum atomic E-state index is 13.7. The summed E-state index contributed by atoms with van der Waals surface area (Å²) in [6.45, 7) is 3.78. The molecule has 0 saturated heterocycles. The van der Waals surface area contributed by atoms with Gasteiger partial charge in [-0.1, -0.05) is 42.8 Å². The van der Waals surface area contributed by atoms with E-state index in [9.17, 15) is 14.4 Å². The molecule has 0 saturated carbocycles. The quantitative estimate of drug-likeness (QED) is 0.0989. The summed E-state index contributed by atoms with van der Waals surface area (Å²) in [4.78, 5) is 40.8. The first kappa shape index (κ1) is 34.9. The fourth-order valence-electron chi connectivity index (χ4n) is 4.51. The van der Waals surface area contributed by atoms with Gasteiger partial charge >= 0.3 is 0 Å². The second-order valence-corrected chi connectivity index (χ2v) is 12.0. The number of nitrogens with one attached hydrogen (secondary N) is 3. The number of amides is 3. The topological polar surface area (TPSA) is 115 Å². The van der Waals surface area contributed by atoms with Gasteiger partial charge in [-0.25, -0.2) is 0 Å². The molecule has 0 bridgehead atoms. The van der Waals surface area contributed by atoms with E-state index in [4.69, 9.17) is 25.8 Å². The van der Waals surface area contributed by atoms with Crippen LogP contribution in [0.1, 0.15) is 34.8 Å². The molecule has 0 aliphatic rings. The Kier molecular flexibility index (Phi) is 12.3. The maximum Gasteiger partial charge on any atom is 0.272 e. The van der Waals surface area contributed by atoms with Gasteiger partial charge in [0.1, 0.15) is 22.9 Å². The summed E-state index contributed by atoms with van der Waals surface area (Å²) in [5.41, 5.74) is 2.77. The van der Waals surface area contributed by atoms with Gasteiger partial charge in [-0.3, -0.25) is 14.4 Å². The van der Waals surface area contributed by atoms with Crippen LogP contribution in [0.25, 0.3) is 6.08 Å². The van der Waals surface area contributed by atoms with Crippen LogP contribution in [0, 0.1) is 6.92 Å². The fraction of sp³-hybridized carbons (Fsp3) is 0.194. The van der Waals surface area contributed by atoms with Crippen LogP contribution in [-0.2, 0) is 9.59 Å². The summed E-state index contributed by atoms with van der Waals surface area (Å²) in [6, 6.07) is 24.3. The molecule has 3 amide bonds. The minimum absolute atomic E-state index is 0.00149. The molecule has 0 fully saturated rings. The van der Waals surface area contributed by atoms with Gasteiger partial charge in [0.15, 0.2) is 0 Å². The van der Waals surface area contributed by atoms with Crippen molar-refractivity contribution in [2.75, 3.05) is 32.0 Å². The zero-order valence-electron chi connectivity index (χ0n) is 26.7. The summed E-state index contributed by atoms with van der Waals surface area (Å²) < 4.78 is 16.2. The molecule has 0 aliphatic carbocycles. The third-order valence-electron chi connectivity index (χ3n) is 7.04. The Labute approximate surface area is 283 Å². The molecule has 1 unspecified atom stereocenters. The van der Waals surface area contributed by atoms with E-state index in [1.807, 2.05) is 19.9 Å². The van der Waals surface area contributed by atoms with Gasteiger partial charge in [-0.05, 0) is 73.5 Å². The van der Waals surface area contributed by atoms with Gasteiger partial charge in [0.25, 0.3) is 11.8 Å². The smallest absolute Gasteiger partial charge is 0.272 e. The van der Waals surface area contributed by atoms with E-state index in [0.717, 1.165) is 10.5 Å². The lowest BCUT2D eigenvalue weighted by Crippen LogP contribution is -2.30. The van der Waals surface area contributed by atoms with Gasteiger partial charge < -0.3 is 30.2 Å². The molecule has 0 aliphatic heterocycles. The minimum Gasteiger partial charge on any atom is -0.497 e. The van der Waals surface area contributed by atoms with E-state index < -0.39 is 17.1 Å². The molecular formula is C36H36ClN3O6S. The number of halogens is 1. The van der Waals surface area contributed by atoms with Crippen LogP contribution in [0.3, 0.4) is 0 Å². The number of thioether (sulfide) groups is 1. The van der Waals surface area contributed by atoms with Gasteiger partial charge in [-0.15, -0.1) is 11.8 Å². The molecule has 47 heavy (non-hydrogen) atoms. The normalized spacial score (nSPS) is 11.7. The maximum absolute atomic E-state index is 13.7. The Bertz CT molecular complexity index is 1780. The van der Waals surface area contributed by atoms with Crippen molar-refractivity contribution in [3.8, 4) is 17.2 Å². The van der Waals surface area contributed by atoms with Crippen LogP contribution in [0.2, 0.25) is 5.02 Å². The molecule has 3 N–H and O–H groups in total. The van der Waals surface area contributed by atoms with E-state index in [-0.39, 0.29) is 11.6 Å². The molecule has 0 radical (unpaired) electrons. The Hall–Kier alpha value is -4.93. The highest BCUT2D eigenvalue weighted by Gasteiger charge is 2.21. The SMILES string of the molecule is CCC(Sc1cccc(NC(=O)/C(=C\c2ccc(OC)cc2OC)NC(=O)c2ccccc2)c1)C(=O)Nc1cc(C)c(Cl)cc1OC. The van der Waals surface area contributed by atoms with Crippen molar-refractivity contribution in [3.05, 3.63) is 112 Å². The molecule has 9 nitrogen and oxygen atoms in total. The number of hydrogen-bond acceptors (Lipinski definition) is 7. The second kappa shape index (κ2) is 16.6. The second-order valence-electron chi connectivity index (χ2n) is 10.3. The predicted octanol–water partition coefficient (Wildman–Crippen LogP) is 7.59. The van der Waals surface area contributed by atoms with Gasteiger partial charge in [-0.2, -0.15) is 0 Å². The van der Waals surface area contributed by atoms with Gasteiger partial charge in [0, 0.05) is 38.9 Å². The molecule has 0 heterocycles. The van der Waals surface area contributed by atoms with Crippen LogP contribution in [0.5, 0.6) is 17.2 Å². The Morgan fingerprint density at radius 1 is 0.851 bits per heavy atom. The lowest BCUT2D eigenvalue weighted by molar-refractivity contribution is -0.116. The van der Waals surface area contributed by atoms with Crippen molar-refractivity contribution in [2.45, 2.75) is 30.4 Å².